The predicted octanol–water partition coefficient (Wildman–Crippen LogP) is 4.20. The molecule has 2 nitrogen and oxygen atoms in total. The first-order chi connectivity index (χ1) is 8.44. The van der Waals surface area contributed by atoms with Crippen LogP contribution in [0.1, 0.15) is 45.8 Å². The molecule has 0 spiro atoms. The lowest BCUT2D eigenvalue weighted by molar-refractivity contribution is -0.0604. The van der Waals surface area contributed by atoms with Crippen molar-refractivity contribution >= 4 is 11.6 Å². The van der Waals surface area contributed by atoms with Crippen LogP contribution in [0.2, 0.25) is 5.02 Å². The molecule has 0 aliphatic carbocycles. The van der Waals surface area contributed by atoms with E-state index >= 15 is 0 Å². The zero-order valence-electron chi connectivity index (χ0n) is 11.8. The van der Waals surface area contributed by atoms with E-state index in [0.717, 1.165) is 30.1 Å². The molecule has 0 bridgehead atoms. The van der Waals surface area contributed by atoms with Gasteiger partial charge in [-0.2, -0.15) is 0 Å². The van der Waals surface area contributed by atoms with Gasteiger partial charge in [0.25, 0.3) is 0 Å². The van der Waals surface area contributed by atoms with Gasteiger partial charge in [-0.1, -0.05) is 36.7 Å². The van der Waals surface area contributed by atoms with Crippen LogP contribution in [-0.2, 0) is 4.74 Å². The van der Waals surface area contributed by atoms with Crippen LogP contribution in [0.4, 0.5) is 0 Å². The lowest BCUT2D eigenvalue weighted by Crippen LogP contribution is -2.30. The van der Waals surface area contributed by atoms with Gasteiger partial charge >= 0.3 is 0 Å². The van der Waals surface area contributed by atoms with Crippen molar-refractivity contribution in [2.75, 3.05) is 13.1 Å². The third kappa shape index (κ3) is 5.38. The predicted molar refractivity (Wildman–Crippen MR) is 78.2 cm³/mol. The molecule has 0 amide bonds. The Bertz CT molecular complexity index is 360. The van der Waals surface area contributed by atoms with Crippen LogP contribution in [0.15, 0.2) is 24.3 Å². The molecule has 1 aromatic rings. The number of ether oxygens (including phenoxy) is 1. The van der Waals surface area contributed by atoms with Crippen molar-refractivity contribution in [1.29, 1.82) is 0 Å². The van der Waals surface area contributed by atoms with Crippen LogP contribution in [0.5, 0.6) is 0 Å². The van der Waals surface area contributed by atoms with Crippen molar-refractivity contribution in [3.63, 3.8) is 0 Å². The number of benzene rings is 1. The summed E-state index contributed by atoms with van der Waals surface area (Å²) in [5.41, 5.74) is 0.871. The Morgan fingerprint density at radius 1 is 1.28 bits per heavy atom. The van der Waals surface area contributed by atoms with Gasteiger partial charge in [0, 0.05) is 17.1 Å². The van der Waals surface area contributed by atoms with Gasteiger partial charge in [-0.25, -0.2) is 0 Å². The molecular formula is C15H24ClNO. The van der Waals surface area contributed by atoms with Crippen molar-refractivity contribution in [2.45, 2.75) is 45.8 Å². The van der Waals surface area contributed by atoms with Gasteiger partial charge in [0.15, 0.2) is 0 Å². The second-order valence-corrected chi connectivity index (χ2v) is 5.85. The Kier molecular flexibility index (Phi) is 6.13. The Labute approximate surface area is 116 Å². The van der Waals surface area contributed by atoms with E-state index in [2.05, 4.69) is 33.0 Å². The summed E-state index contributed by atoms with van der Waals surface area (Å²) in [7, 11) is 0. The van der Waals surface area contributed by atoms with Crippen molar-refractivity contribution < 1.29 is 4.74 Å². The second kappa shape index (κ2) is 7.13. The number of hydrogen-bond acceptors (Lipinski definition) is 2. The second-order valence-electron chi connectivity index (χ2n) is 5.44. The molecule has 0 fully saturated rings. The molecule has 1 N–H and O–H groups in total. The highest BCUT2D eigenvalue weighted by molar-refractivity contribution is 6.31. The fourth-order valence-electron chi connectivity index (χ4n) is 1.79. The minimum atomic E-state index is -0.183. The zero-order valence-corrected chi connectivity index (χ0v) is 12.6. The summed E-state index contributed by atoms with van der Waals surface area (Å²) >= 11 is 6.25. The molecule has 0 aliphatic heterocycles. The molecule has 18 heavy (non-hydrogen) atoms. The number of halogens is 1. The summed E-state index contributed by atoms with van der Waals surface area (Å²) in [5.74, 6) is 0. The van der Waals surface area contributed by atoms with E-state index in [0.29, 0.717) is 0 Å². The van der Waals surface area contributed by atoms with Crippen LogP contribution in [0.25, 0.3) is 0 Å². The summed E-state index contributed by atoms with van der Waals surface area (Å²) in [6.45, 7) is 10.1. The Morgan fingerprint density at radius 2 is 1.94 bits per heavy atom. The average molecular weight is 270 g/mol. The summed E-state index contributed by atoms with van der Waals surface area (Å²) in [6.07, 6.45) is 1.11. The molecule has 1 atom stereocenters. The summed E-state index contributed by atoms with van der Waals surface area (Å²) in [6, 6.07) is 7.89. The standard InChI is InChI=1S/C15H24ClNO/c1-5-10-17-11-14(18-15(2,3)4)12-8-6-7-9-13(12)16/h6-9,14,17H,5,10-11H2,1-4H3. The first-order valence-electron chi connectivity index (χ1n) is 6.57. The maximum Gasteiger partial charge on any atom is 0.0970 e. The van der Waals surface area contributed by atoms with Gasteiger partial charge in [0.05, 0.1) is 11.7 Å². The summed E-state index contributed by atoms with van der Waals surface area (Å²) < 4.78 is 6.10. The first-order valence-corrected chi connectivity index (χ1v) is 6.95. The zero-order chi connectivity index (χ0) is 13.6. The molecule has 0 radical (unpaired) electrons. The van der Waals surface area contributed by atoms with Crippen molar-refractivity contribution in [3.05, 3.63) is 34.9 Å². The smallest absolute Gasteiger partial charge is 0.0970 e. The number of rotatable bonds is 6. The van der Waals surface area contributed by atoms with E-state index in [9.17, 15) is 0 Å². The fraction of sp³-hybridized carbons (Fsp3) is 0.600. The molecule has 1 rings (SSSR count). The van der Waals surface area contributed by atoms with Crippen molar-refractivity contribution in [1.82, 2.24) is 5.32 Å². The largest absolute Gasteiger partial charge is 0.367 e. The molecule has 0 heterocycles. The molecule has 1 unspecified atom stereocenters. The Morgan fingerprint density at radius 3 is 2.50 bits per heavy atom. The number of nitrogens with one attached hydrogen (secondary N) is 1. The first kappa shape index (κ1) is 15.5. The van der Waals surface area contributed by atoms with Gasteiger partial charge in [-0.3, -0.25) is 0 Å². The molecular weight excluding hydrogens is 246 g/mol. The monoisotopic (exact) mass is 269 g/mol. The van der Waals surface area contributed by atoms with Gasteiger partial charge in [-0.15, -0.1) is 0 Å². The van der Waals surface area contributed by atoms with Crippen LogP contribution in [-0.4, -0.2) is 18.7 Å². The van der Waals surface area contributed by atoms with Crippen molar-refractivity contribution in [3.8, 4) is 0 Å². The van der Waals surface area contributed by atoms with Gasteiger partial charge < -0.3 is 10.1 Å². The van der Waals surface area contributed by atoms with E-state index in [1.54, 1.807) is 0 Å². The lowest BCUT2D eigenvalue weighted by Gasteiger charge is -2.28. The highest BCUT2D eigenvalue weighted by Gasteiger charge is 2.21. The molecule has 0 aliphatic rings. The van der Waals surface area contributed by atoms with Crippen LogP contribution < -0.4 is 5.32 Å². The molecule has 3 heteroatoms. The highest BCUT2D eigenvalue weighted by Crippen LogP contribution is 2.28. The molecule has 0 saturated carbocycles. The van der Waals surface area contributed by atoms with E-state index in [-0.39, 0.29) is 11.7 Å². The molecule has 1 aromatic carbocycles. The van der Waals surface area contributed by atoms with Crippen LogP contribution in [0, 0.1) is 0 Å². The topological polar surface area (TPSA) is 21.3 Å². The lowest BCUT2D eigenvalue weighted by atomic mass is 10.1. The normalized spacial score (nSPS) is 13.6. The van der Waals surface area contributed by atoms with E-state index < -0.39 is 0 Å². The third-order valence-electron chi connectivity index (χ3n) is 2.50. The minimum absolute atomic E-state index is 0.00903. The van der Waals surface area contributed by atoms with Crippen molar-refractivity contribution in [2.24, 2.45) is 0 Å². The Balaban J connectivity index is 2.80. The fourth-order valence-corrected chi connectivity index (χ4v) is 2.05. The highest BCUT2D eigenvalue weighted by atomic mass is 35.5. The third-order valence-corrected chi connectivity index (χ3v) is 2.85. The van der Waals surface area contributed by atoms with Crippen LogP contribution in [0.3, 0.4) is 0 Å². The van der Waals surface area contributed by atoms with Gasteiger partial charge in [0.1, 0.15) is 0 Å². The molecule has 0 aromatic heterocycles. The van der Waals surface area contributed by atoms with Crippen LogP contribution >= 0.6 is 11.6 Å². The van der Waals surface area contributed by atoms with E-state index in [1.165, 1.54) is 0 Å². The SMILES string of the molecule is CCCNCC(OC(C)(C)C)c1ccccc1Cl. The van der Waals surface area contributed by atoms with Gasteiger partial charge in [0.2, 0.25) is 0 Å². The quantitative estimate of drug-likeness (QED) is 0.782. The maximum absolute atomic E-state index is 6.25. The van der Waals surface area contributed by atoms with Gasteiger partial charge in [-0.05, 0) is 39.8 Å². The van der Waals surface area contributed by atoms with E-state index in [1.807, 2.05) is 24.3 Å². The molecule has 102 valence electrons. The summed E-state index contributed by atoms with van der Waals surface area (Å²) in [5, 5.41) is 4.17. The minimum Gasteiger partial charge on any atom is -0.367 e. The summed E-state index contributed by atoms with van der Waals surface area (Å²) in [4.78, 5) is 0. The average Bonchev–Trinajstić information content (AvgIpc) is 2.27. The van der Waals surface area contributed by atoms with E-state index in [4.69, 9.17) is 16.3 Å². The Hall–Kier alpha value is -0.570. The molecule has 0 saturated heterocycles. The maximum atomic E-state index is 6.25. The number of hydrogen-bond donors (Lipinski definition) is 1.